The molecule has 0 bridgehead atoms. The highest BCUT2D eigenvalue weighted by Gasteiger charge is 2.21. The summed E-state index contributed by atoms with van der Waals surface area (Å²) in [6, 6.07) is 30.1. The summed E-state index contributed by atoms with van der Waals surface area (Å²) in [5, 5.41) is 0. The van der Waals surface area contributed by atoms with Crippen LogP contribution in [-0.4, -0.2) is 0 Å². The van der Waals surface area contributed by atoms with E-state index in [2.05, 4.69) is 151 Å². The van der Waals surface area contributed by atoms with Crippen molar-refractivity contribution in [1.29, 1.82) is 0 Å². The number of benzene rings is 3. The van der Waals surface area contributed by atoms with Crippen molar-refractivity contribution in [3.05, 3.63) is 97.6 Å². The van der Waals surface area contributed by atoms with Gasteiger partial charge in [-0.15, -0.1) is 0 Å². The molecule has 0 amide bonds. The molecule has 150 valence electrons. The molecule has 0 unspecified atom stereocenters. The summed E-state index contributed by atoms with van der Waals surface area (Å²) in [5.74, 6) is 1.75. The molecule has 0 spiro atoms. The Hall–Kier alpha value is -1.73. The van der Waals surface area contributed by atoms with E-state index >= 15 is 0 Å². The zero-order chi connectivity index (χ0) is 21.3. The van der Waals surface area contributed by atoms with Gasteiger partial charge in [-0.25, -0.2) is 4.42 Å². The minimum atomic E-state index is 0.142. The van der Waals surface area contributed by atoms with Crippen molar-refractivity contribution in [2.24, 2.45) is 0 Å². The second-order valence-corrected chi connectivity index (χ2v) is 10.9. The fourth-order valence-electron chi connectivity index (χ4n) is 3.34. The summed E-state index contributed by atoms with van der Waals surface area (Å²) in [6.07, 6.45) is 0. The smallest absolute Gasteiger partial charge is 0.207 e. The van der Waals surface area contributed by atoms with Crippen LogP contribution >= 0.6 is 45.2 Å². The molecule has 0 aliphatic heterocycles. The van der Waals surface area contributed by atoms with Gasteiger partial charge in [0.1, 0.15) is 0 Å². The molecule has 4 aromatic rings. The Bertz CT molecular complexity index is 1090. The minimum Gasteiger partial charge on any atom is -0.207 e. The SMILES string of the molecule is CC(C)(C)c1ccc(-c2cc(-c3ccc(I)cc3)[o+]c(-c3ccc(I)cc3)c2)cc1. The van der Waals surface area contributed by atoms with Crippen LogP contribution < -0.4 is 0 Å². The minimum absolute atomic E-state index is 0.142. The van der Waals surface area contributed by atoms with Crippen LogP contribution in [0, 0.1) is 7.14 Å². The van der Waals surface area contributed by atoms with Gasteiger partial charge in [-0.3, -0.25) is 0 Å². The average Bonchev–Trinajstić information content (AvgIpc) is 2.74. The Balaban J connectivity index is 1.85. The standard InChI is InChI=1S/C27H23I2O/c1-27(2,3)22-10-4-18(5-11-22)21-16-25(19-6-12-23(28)13-7-19)30-26(17-21)20-8-14-24(29)15-9-20/h4-17H,1-3H3/q+1. The molecule has 0 N–H and O–H groups in total. The zero-order valence-electron chi connectivity index (χ0n) is 17.2. The van der Waals surface area contributed by atoms with Gasteiger partial charge in [0.05, 0.1) is 23.3 Å². The third kappa shape index (κ3) is 4.94. The molecular formula is C27H23I2O+. The molecule has 0 atom stereocenters. The largest absolute Gasteiger partial charge is 0.361 e. The highest BCUT2D eigenvalue weighted by molar-refractivity contribution is 14.1. The first-order valence-corrected chi connectivity index (χ1v) is 12.1. The van der Waals surface area contributed by atoms with Gasteiger partial charge in [0.15, 0.2) is 0 Å². The van der Waals surface area contributed by atoms with Gasteiger partial charge in [-0.1, -0.05) is 45.0 Å². The van der Waals surface area contributed by atoms with Crippen LogP contribution in [0.3, 0.4) is 0 Å². The monoisotopic (exact) mass is 617 g/mol. The molecule has 3 heteroatoms. The van der Waals surface area contributed by atoms with Gasteiger partial charge in [0.25, 0.3) is 0 Å². The maximum absolute atomic E-state index is 6.36. The summed E-state index contributed by atoms with van der Waals surface area (Å²) in [6.45, 7) is 6.73. The summed E-state index contributed by atoms with van der Waals surface area (Å²) in [7, 11) is 0. The Labute approximate surface area is 205 Å². The zero-order valence-corrected chi connectivity index (χ0v) is 21.6. The van der Waals surface area contributed by atoms with Crippen molar-refractivity contribution in [2.45, 2.75) is 26.2 Å². The number of halogens is 2. The maximum Gasteiger partial charge on any atom is 0.361 e. The number of hydrogen-bond donors (Lipinski definition) is 0. The molecule has 4 rings (SSSR count). The van der Waals surface area contributed by atoms with Crippen molar-refractivity contribution in [2.75, 3.05) is 0 Å². The Morgan fingerprint density at radius 1 is 0.533 bits per heavy atom. The lowest BCUT2D eigenvalue weighted by Gasteiger charge is -2.19. The first-order chi connectivity index (χ1) is 14.3. The lowest BCUT2D eigenvalue weighted by molar-refractivity contribution is 0.582. The van der Waals surface area contributed by atoms with E-state index in [1.54, 1.807) is 0 Å². The van der Waals surface area contributed by atoms with Crippen molar-refractivity contribution < 1.29 is 4.42 Å². The summed E-state index contributed by atoms with van der Waals surface area (Å²) in [4.78, 5) is 0. The van der Waals surface area contributed by atoms with E-state index < -0.39 is 0 Å². The number of hydrogen-bond acceptors (Lipinski definition) is 0. The highest BCUT2D eigenvalue weighted by atomic mass is 127. The lowest BCUT2D eigenvalue weighted by atomic mass is 9.86. The van der Waals surface area contributed by atoms with Gasteiger partial charge in [0, 0.05) is 12.7 Å². The van der Waals surface area contributed by atoms with Crippen molar-refractivity contribution in [1.82, 2.24) is 0 Å². The van der Waals surface area contributed by atoms with Crippen molar-refractivity contribution >= 4 is 45.2 Å². The fraction of sp³-hybridized carbons (Fsp3) is 0.148. The van der Waals surface area contributed by atoms with Crippen molar-refractivity contribution in [3.8, 4) is 33.8 Å². The van der Waals surface area contributed by atoms with Crippen LogP contribution in [0.1, 0.15) is 26.3 Å². The van der Waals surface area contributed by atoms with Crippen molar-refractivity contribution in [3.63, 3.8) is 0 Å². The molecule has 1 nitrogen and oxygen atoms in total. The highest BCUT2D eigenvalue weighted by Crippen LogP contribution is 2.34. The molecule has 1 heterocycles. The quantitative estimate of drug-likeness (QED) is 0.165. The van der Waals surface area contributed by atoms with Gasteiger partial charge < -0.3 is 0 Å². The third-order valence-electron chi connectivity index (χ3n) is 5.13. The lowest BCUT2D eigenvalue weighted by Crippen LogP contribution is -2.10. The molecule has 0 saturated carbocycles. The van der Waals surface area contributed by atoms with Crippen LogP contribution in [0.25, 0.3) is 33.8 Å². The molecule has 0 aliphatic rings. The van der Waals surface area contributed by atoms with Crippen LogP contribution in [0.4, 0.5) is 0 Å². The Kier molecular flexibility index (Phi) is 6.30. The first kappa shape index (κ1) is 21.5. The van der Waals surface area contributed by atoms with Gasteiger partial charge >= 0.3 is 11.5 Å². The van der Waals surface area contributed by atoms with E-state index in [0.717, 1.165) is 28.2 Å². The molecule has 3 aromatic carbocycles. The summed E-state index contributed by atoms with van der Waals surface area (Å²) >= 11 is 4.66. The second-order valence-electron chi connectivity index (χ2n) is 8.42. The first-order valence-electron chi connectivity index (χ1n) is 9.91. The molecule has 0 saturated heterocycles. The third-order valence-corrected chi connectivity index (χ3v) is 6.57. The normalized spacial score (nSPS) is 11.5. The molecule has 0 radical (unpaired) electrons. The van der Waals surface area contributed by atoms with E-state index in [-0.39, 0.29) is 5.41 Å². The Morgan fingerprint density at radius 3 is 1.33 bits per heavy atom. The van der Waals surface area contributed by atoms with Gasteiger partial charge in [0.2, 0.25) is 0 Å². The van der Waals surface area contributed by atoms with Crippen LogP contribution in [0.15, 0.2) is 89.3 Å². The predicted octanol–water partition coefficient (Wildman–Crippen LogP) is 9.07. The van der Waals surface area contributed by atoms with Crippen LogP contribution in [0.2, 0.25) is 0 Å². The van der Waals surface area contributed by atoms with E-state index in [1.807, 2.05) is 0 Å². The van der Waals surface area contributed by atoms with E-state index in [1.165, 1.54) is 18.3 Å². The average molecular weight is 617 g/mol. The topological polar surface area (TPSA) is 11.3 Å². The number of rotatable bonds is 3. The molecule has 0 fully saturated rings. The molecule has 0 aliphatic carbocycles. The van der Waals surface area contributed by atoms with E-state index in [0.29, 0.717) is 0 Å². The predicted molar refractivity (Wildman–Crippen MR) is 144 cm³/mol. The van der Waals surface area contributed by atoms with Crippen LogP contribution in [0.5, 0.6) is 0 Å². The van der Waals surface area contributed by atoms with E-state index in [4.69, 9.17) is 4.42 Å². The second kappa shape index (κ2) is 8.79. The van der Waals surface area contributed by atoms with Gasteiger partial charge in [-0.05, 0) is 110 Å². The molecule has 30 heavy (non-hydrogen) atoms. The Morgan fingerprint density at radius 2 is 0.933 bits per heavy atom. The van der Waals surface area contributed by atoms with Gasteiger partial charge in [-0.2, -0.15) is 0 Å². The van der Waals surface area contributed by atoms with Crippen LogP contribution in [-0.2, 0) is 5.41 Å². The summed E-state index contributed by atoms with van der Waals surface area (Å²) in [5.41, 5.74) is 5.98. The fourth-order valence-corrected chi connectivity index (χ4v) is 4.06. The molecule has 1 aromatic heterocycles. The maximum atomic E-state index is 6.36. The van der Waals surface area contributed by atoms with E-state index in [9.17, 15) is 0 Å². The molecular weight excluding hydrogens is 594 g/mol. The summed E-state index contributed by atoms with van der Waals surface area (Å²) < 4.78 is 8.79.